The van der Waals surface area contributed by atoms with Crippen LogP contribution in [0.1, 0.15) is 51.0 Å². The molecule has 1 fully saturated rings. The predicted octanol–water partition coefficient (Wildman–Crippen LogP) is 2.44. The fourth-order valence-corrected chi connectivity index (χ4v) is 2.80. The summed E-state index contributed by atoms with van der Waals surface area (Å²) in [5.41, 5.74) is 0.887. The molecule has 1 aromatic heterocycles. The highest BCUT2D eigenvalue weighted by atomic mass is 16.2. The van der Waals surface area contributed by atoms with Gasteiger partial charge >= 0.3 is 0 Å². The van der Waals surface area contributed by atoms with Crippen molar-refractivity contribution in [3.05, 3.63) is 24.0 Å². The van der Waals surface area contributed by atoms with Crippen LogP contribution in [0.25, 0.3) is 0 Å². The molecule has 1 N–H and O–H groups in total. The first kappa shape index (κ1) is 14.5. The maximum Gasteiger partial charge on any atom is 0.273 e. The molecule has 0 radical (unpaired) electrons. The monoisotopic (exact) mass is 275 g/mol. The van der Waals surface area contributed by atoms with Crippen molar-refractivity contribution in [3.8, 4) is 0 Å². The van der Waals surface area contributed by atoms with Crippen LogP contribution in [0.3, 0.4) is 0 Å². The van der Waals surface area contributed by atoms with Crippen LogP contribution in [0.4, 0.5) is 5.69 Å². The molecular formula is C15H21N3O2. The summed E-state index contributed by atoms with van der Waals surface area (Å²) in [7, 11) is 0. The van der Waals surface area contributed by atoms with Crippen LogP contribution >= 0.6 is 0 Å². The number of aromatic nitrogens is 1. The molecule has 0 bridgehead atoms. The van der Waals surface area contributed by atoms with E-state index in [-0.39, 0.29) is 23.4 Å². The molecule has 1 aliphatic rings. The molecule has 0 aromatic carbocycles. The van der Waals surface area contributed by atoms with Crippen molar-refractivity contribution in [3.63, 3.8) is 0 Å². The summed E-state index contributed by atoms with van der Waals surface area (Å²) < 4.78 is 0. The van der Waals surface area contributed by atoms with Gasteiger partial charge in [0.05, 0.1) is 11.9 Å². The van der Waals surface area contributed by atoms with E-state index in [0.717, 1.165) is 12.8 Å². The minimum Gasteiger partial charge on any atom is -0.329 e. The number of nitrogens with one attached hydrogen (secondary N) is 1. The number of anilines is 1. The lowest BCUT2D eigenvalue weighted by Gasteiger charge is -2.34. The molecule has 1 atom stereocenters. The zero-order valence-electron chi connectivity index (χ0n) is 12.4. The van der Waals surface area contributed by atoms with Crippen LogP contribution in [0.15, 0.2) is 18.3 Å². The third-order valence-electron chi connectivity index (χ3n) is 3.79. The van der Waals surface area contributed by atoms with Crippen molar-refractivity contribution in [2.75, 3.05) is 5.32 Å². The first-order valence-electron chi connectivity index (χ1n) is 6.88. The average Bonchev–Trinajstić information content (AvgIpc) is 2.63. The van der Waals surface area contributed by atoms with Crippen LogP contribution in [0, 0.1) is 0 Å². The molecule has 0 saturated carbocycles. The van der Waals surface area contributed by atoms with E-state index in [1.807, 2.05) is 4.90 Å². The van der Waals surface area contributed by atoms with Gasteiger partial charge in [0.1, 0.15) is 5.69 Å². The van der Waals surface area contributed by atoms with Crippen LogP contribution in [0.2, 0.25) is 0 Å². The maximum atomic E-state index is 12.6. The minimum atomic E-state index is -0.153. The van der Waals surface area contributed by atoms with E-state index < -0.39 is 0 Å². The third kappa shape index (κ3) is 2.81. The number of hydrogen-bond donors (Lipinski definition) is 1. The van der Waals surface area contributed by atoms with Crippen molar-refractivity contribution in [2.24, 2.45) is 0 Å². The van der Waals surface area contributed by atoms with Crippen LogP contribution in [0.5, 0.6) is 0 Å². The number of hydrogen-bond acceptors (Lipinski definition) is 3. The number of likely N-dealkylation sites (tertiary alicyclic amines) is 1. The molecule has 2 heterocycles. The molecule has 20 heavy (non-hydrogen) atoms. The molecular weight excluding hydrogens is 254 g/mol. The zero-order chi connectivity index (χ0) is 14.9. The Morgan fingerprint density at radius 3 is 2.55 bits per heavy atom. The van der Waals surface area contributed by atoms with Crippen LogP contribution in [-0.4, -0.2) is 33.3 Å². The van der Waals surface area contributed by atoms with Crippen molar-refractivity contribution >= 4 is 17.5 Å². The molecule has 0 unspecified atom stereocenters. The molecule has 2 amide bonds. The van der Waals surface area contributed by atoms with Crippen LogP contribution in [-0.2, 0) is 4.79 Å². The van der Waals surface area contributed by atoms with Crippen LogP contribution < -0.4 is 5.32 Å². The number of amides is 2. The fraction of sp³-hybridized carbons (Fsp3) is 0.533. The van der Waals surface area contributed by atoms with Gasteiger partial charge in [-0.3, -0.25) is 9.59 Å². The SMILES string of the molecule is CC(=O)Nc1ccc(C(=O)N2[C@@H](C)CCC2(C)C)nc1. The molecule has 1 saturated heterocycles. The molecule has 2 rings (SSSR count). The highest BCUT2D eigenvalue weighted by molar-refractivity contribution is 5.94. The summed E-state index contributed by atoms with van der Waals surface area (Å²) in [5.74, 6) is -0.199. The molecule has 1 aliphatic heterocycles. The fourth-order valence-electron chi connectivity index (χ4n) is 2.80. The summed E-state index contributed by atoms with van der Waals surface area (Å²) in [6, 6.07) is 3.60. The second-order valence-corrected chi connectivity index (χ2v) is 5.99. The Hall–Kier alpha value is -1.91. The largest absolute Gasteiger partial charge is 0.329 e. The quantitative estimate of drug-likeness (QED) is 0.901. The van der Waals surface area contributed by atoms with E-state index in [2.05, 4.69) is 31.1 Å². The third-order valence-corrected chi connectivity index (χ3v) is 3.79. The molecule has 5 heteroatoms. The molecule has 0 spiro atoms. The van der Waals surface area contributed by atoms with Crippen molar-refractivity contribution < 1.29 is 9.59 Å². The lowest BCUT2D eigenvalue weighted by atomic mass is 10.0. The Bertz CT molecular complexity index is 522. The van der Waals surface area contributed by atoms with Gasteiger partial charge < -0.3 is 10.2 Å². The smallest absolute Gasteiger partial charge is 0.273 e. The topological polar surface area (TPSA) is 62.3 Å². The minimum absolute atomic E-state index is 0.0469. The highest BCUT2D eigenvalue weighted by Crippen LogP contribution is 2.34. The molecule has 108 valence electrons. The first-order chi connectivity index (χ1) is 9.31. The average molecular weight is 275 g/mol. The second kappa shape index (κ2) is 5.23. The molecule has 0 aliphatic carbocycles. The summed E-state index contributed by atoms with van der Waals surface area (Å²) in [6.45, 7) is 7.67. The molecule has 5 nitrogen and oxygen atoms in total. The summed E-state index contributed by atoms with van der Waals surface area (Å²) in [5, 5.41) is 2.64. The Morgan fingerprint density at radius 1 is 1.40 bits per heavy atom. The lowest BCUT2D eigenvalue weighted by molar-refractivity contribution is -0.114. The highest BCUT2D eigenvalue weighted by Gasteiger charge is 2.40. The van der Waals surface area contributed by atoms with Gasteiger partial charge in [0, 0.05) is 18.5 Å². The van der Waals surface area contributed by atoms with Crippen molar-refractivity contribution in [1.82, 2.24) is 9.88 Å². The van der Waals surface area contributed by atoms with E-state index in [1.165, 1.54) is 13.1 Å². The first-order valence-corrected chi connectivity index (χ1v) is 6.88. The van der Waals surface area contributed by atoms with E-state index in [9.17, 15) is 9.59 Å². The van der Waals surface area contributed by atoms with E-state index in [1.54, 1.807) is 12.1 Å². The number of carbonyl (C=O) groups is 2. The summed E-state index contributed by atoms with van der Waals surface area (Å²) >= 11 is 0. The van der Waals surface area contributed by atoms with Gasteiger partial charge in [0.25, 0.3) is 5.91 Å². The van der Waals surface area contributed by atoms with Crippen molar-refractivity contribution in [2.45, 2.75) is 52.1 Å². The summed E-state index contributed by atoms with van der Waals surface area (Å²) in [4.78, 5) is 29.6. The normalized spacial score (nSPS) is 20.8. The van der Waals surface area contributed by atoms with E-state index in [0.29, 0.717) is 11.4 Å². The zero-order valence-corrected chi connectivity index (χ0v) is 12.4. The number of nitrogens with zero attached hydrogens (tertiary/aromatic N) is 2. The van der Waals surface area contributed by atoms with Gasteiger partial charge in [-0.2, -0.15) is 0 Å². The van der Waals surface area contributed by atoms with Gasteiger partial charge in [-0.05, 0) is 45.7 Å². The van der Waals surface area contributed by atoms with Gasteiger partial charge in [-0.25, -0.2) is 4.98 Å². The Balaban J connectivity index is 2.19. The van der Waals surface area contributed by atoms with Gasteiger partial charge in [-0.15, -0.1) is 0 Å². The standard InChI is InChI=1S/C15H21N3O2/c1-10-7-8-15(3,4)18(10)14(20)13-6-5-12(9-16-13)17-11(2)19/h5-6,9-10H,7-8H2,1-4H3,(H,17,19)/t10-/m0/s1. The maximum absolute atomic E-state index is 12.6. The Labute approximate surface area is 119 Å². The van der Waals surface area contributed by atoms with Gasteiger partial charge in [0.15, 0.2) is 0 Å². The Kier molecular flexibility index (Phi) is 3.79. The molecule has 1 aromatic rings. The number of pyridine rings is 1. The Morgan fingerprint density at radius 2 is 2.10 bits per heavy atom. The number of rotatable bonds is 2. The predicted molar refractivity (Wildman–Crippen MR) is 77.5 cm³/mol. The second-order valence-electron chi connectivity index (χ2n) is 5.99. The van der Waals surface area contributed by atoms with E-state index in [4.69, 9.17) is 0 Å². The van der Waals surface area contributed by atoms with Gasteiger partial charge in [-0.1, -0.05) is 0 Å². The van der Waals surface area contributed by atoms with Gasteiger partial charge in [0.2, 0.25) is 5.91 Å². The number of carbonyl (C=O) groups excluding carboxylic acids is 2. The lowest BCUT2D eigenvalue weighted by Crippen LogP contribution is -2.46. The van der Waals surface area contributed by atoms with E-state index >= 15 is 0 Å². The van der Waals surface area contributed by atoms with Crippen molar-refractivity contribution in [1.29, 1.82) is 0 Å². The summed E-state index contributed by atoms with van der Waals surface area (Å²) in [6.07, 6.45) is 3.54.